The van der Waals surface area contributed by atoms with Crippen LogP contribution in [0, 0.1) is 5.41 Å². The summed E-state index contributed by atoms with van der Waals surface area (Å²) in [4.78, 5) is 15.2. The van der Waals surface area contributed by atoms with Gasteiger partial charge in [0.25, 0.3) is 0 Å². The summed E-state index contributed by atoms with van der Waals surface area (Å²) >= 11 is 0. The second-order valence-electron chi connectivity index (χ2n) is 9.02. The van der Waals surface area contributed by atoms with Gasteiger partial charge in [-0.3, -0.25) is 4.79 Å². The van der Waals surface area contributed by atoms with Crippen LogP contribution in [0.5, 0.6) is 5.75 Å². The van der Waals surface area contributed by atoms with Gasteiger partial charge >= 0.3 is 5.97 Å². The highest BCUT2D eigenvalue weighted by molar-refractivity contribution is 5.74. The van der Waals surface area contributed by atoms with Gasteiger partial charge in [0.1, 0.15) is 5.75 Å². The highest BCUT2D eigenvalue weighted by Gasteiger charge is 2.36. The zero-order valence-corrected chi connectivity index (χ0v) is 17.6. The molecule has 1 aliphatic carbocycles. The average Bonchev–Trinajstić information content (AvgIpc) is 2.54. The van der Waals surface area contributed by atoms with Crippen LogP contribution in [0.2, 0.25) is 0 Å². The van der Waals surface area contributed by atoms with Crippen LogP contribution in [-0.2, 0) is 4.79 Å². The normalized spacial score (nSPS) is 17.1. The zero-order valence-electron chi connectivity index (χ0n) is 17.6. The van der Waals surface area contributed by atoms with Crippen LogP contribution in [0.25, 0.3) is 0 Å². The molecule has 0 unspecified atom stereocenters. The minimum atomic E-state index is -0.0660. The topological polar surface area (TPSA) is 29.5 Å². The maximum atomic E-state index is 13.0. The Morgan fingerprint density at radius 1 is 1.04 bits per heavy atom. The Balaban J connectivity index is 2.23. The van der Waals surface area contributed by atoms with Crippen molar-refractivity contribution in [2.45, 2.75) is 78.1 Å². The molecule has 0 aliphatic heterocycles. The molecule has 1 fully saturated rings. The lowest BCUT2D eigenvalue weighted by molar-refractivity contribution is -0.138. The summed E-state index contributed by atoms with van der Waals surface area (Å²) in [7, 11) is 4.21. The van der Waals surface area contributed by atoms with Crippen molar-refractivity contribution in [3.8, 4) is 5.75 Å². The van der Waals surface area contributed by atoms with E-state index in [0.717, 1.165) is 36.3 Å². The summed E-state index contributed by atoms with van der Waals surface area (Å²) in [5.74, 6) is 1.41. The second kappa shape index (κ2) is 9.03. The number of rotatable bonds is 7. The first-order valence-corrected chi connectivity index (χ1v) is 10.2. The molecule has 0 bridgehead atoms. The largest absolute Gasteiger partial charge is 0.426 e. The van der Waals surface area contributed by atoms with E-state index in [1.807, 2.05) is 0 Å². The van der Waals surface area contributed by atoms with Crippen LogP contribution in [0.1, 0.15) is 89.2 Å². The monoisotopic (exact) mass is 359 g/mol. The van der Waals surface area contributed by atoms with Crippen molar-refractivity contribution >= 4 is 5.97 Å². The van der Waals surface area contributed by atoms with E-state index in [0.29, 0.717) is 18.3 Å². The van der Waals surface area contributed by atoms with Gasteiger partial charge in [0.05, 0.1) is 6.42 Å². The fourth-order valence-electron chi connectivity index (χ4n) is 4.42. The van der Waals surface area contributed by atoms with Gasteiger partial charge < -0.3 is 9.64 Å². The highest BCUT2D eigenvalue weighted by Crippen LogP contribution is 2.41. The first-order valence-electron chi connectivity index (χ1n) is 10.2. The minimum Gasteiger partial charge on any atom is -0.426 e. The Bertz CT molecular complexity index is 572. The first kappa shape index (κ1) is 21.0. The van der Waals surface area contributed by atoms with E-state index in [9.17, 15) is 4.79 Å². The predicted molar refractivity (Wildman–Crippen MR) is 109 cm³/mol. The molecule has 0 saturated heterocycles. The van der Waals surface area contributed by atoms with Crippen molar-refractivity contribution in [1.29, 1.82) is 0 Å². The van der Waals surface area contributed by atoms with Crippen molar-refractivity contribution < 1.29 is 9.53 Å². The second-order valence-corrected chi connectivity index (χ2v) is 9.02. The summed E-state index contributed by atoms with van der Waals surface area (Å²) < 4.78 is 6.05. The maximum absolute atomic E-state index is 13.0. The van der Waals surface area contributed by atoms with E-state index in [2.05, 4.69) is 64.9 Å². The molecule has 146 valence electrons. The lowest BCUT2D eigenvalue weighted by Crippen LogP contribution is -2.38. The molecule has 1 aliphatic rings. The Morgan fingerprint density at radius 2 is 1.58 bits per heavy atom. The molecule has 26 heavy (non-hydrogen) atoms. The zero-order chi connectivity index (χ0) is 19.3. The lowest BCUT2D eigenvalue weighted by atomic mass is 9.71. The van der Waals surface area contributed by atoms with Crippen LogP contribution in [0.4, 0.5) is 0 Å². The average molecular weight is 360 g/mol. The van der Waals surface area contributed by atoms with E-state index in [1.165, 1.54) is 19.3 Å². The summed E-state index contributed by atoms with van der Waals surface area (Å²) in [5, 5.41) is 0. The van der Waals surface area contributed by atoms with Crippen LogP contribution in [0.3, 0.4) is 0 Å². The molecule has 0 N–H and O–H groups in total. The molecule has 0 atom stereocenters. The fraction of sp³-hybridized carbons (Fsp3) is 0.696. The fourth-order valence-corrected chi connectivity index (χ4v) is 4.42. The van der Waals surface area contributed by atoms with E-state index in [4.69, 9.17) is 4.74 Å². The molecule has 0 radical (unpaired) electrons. The molecular weight excluding hydrogens is 322 g/mol. The molecule has 1 aromatic carbocycles. The van der Waals surface area contributed by atoms with Crippen molar-refractivity contribution in [1.82, 2.24) is 4.90 Å². The minimum absolute atomic E-state index is 0.0660. The van der Waals surface area contributed by atoms with Gasteiger partial charge in [0.15, 0.2) is 0 Å². The molecule has 0 spiro atoms. The summed E-state index contributed by atoms with van der Waals surface area (Å²) in [6, 6.07) is 6.27. The van der Waals surface area contributed by atoms with Crippen LogP contribution >= 0.6 is 0 Å². The molecule has 2 rings (SSSR count). The molecule has 1 saturated carbocycles. The third kappa shape index (κ3) is 5.33. The van der Waals surface area contributed by atoms with Crippen LogP contribution in [-0.4, -0.2) is 31.5 Å². The SMILES string of the molecule is CC(C)c1cccc(C(C)C)c1OC(=O)CC1(CN(C)C)CCCCC1. The highest BCUT2D eigenvalue weighted by atomic mass is 16.5. The third-order valence-corrected chi connectivity index (χ3v) is 5.62. The van der Waals surface area contributed by atoms with E-state index in [1.54, 1.807) is 0 Å². The maximum Gasteiger partial charge on any atom is 0.311 e. The van der Waals surface area contributed by atoms with Gasteiger partial charge in [0, 0.05) is 6.54 Å². The lowest BCUT2D eigenvalue weighted by Gasteiger charge is -2.38. The molecule has 3 heteroatoms. The van der Waals surface area contributed by atoms with E-state index < -0.39 is 0 Å². The van der Waals surface area contributed by atoms with Crippen LogP contribution < -0.4 is 4.74 Å². The number of esters is 1. The first-order chi connectivity index (χ1) is 12.2. The summed E-state index contributed by atoms with van der Waals surface area (Å²) in [6.07, 6.45) is 6.52. The summed E-state index contributed by atoms with van der Waals surface area (Å²) in [6.45, 7) is 9.60. The number of carbonyl (C=O) groups excluding carboxylic acids is 1. The third-order valence-electron chi connectivity index (χ3n) is 5.62. The standard InChI is InChI=1S/C23H37NO2/c1-17(2)19-11-10-12-20(18(3)4)22(19)26-21(25)15-23(16-24(5)6)13-8-7-9-14-23/h10-12,17-18H,7-9,13-16H2,1-6H3. The van der Waals surface area contributed by atoms with Gasteiger partial charge in [-0.2, -0.15) is 0 Å². The van der Waals surface area contributed by atoms with Crippen molar-refractivity contribution in [2.24, 2.45) is 5.41 Å². The number of carbonyl (C=O) groups is 1. The Kier molecular flexibility index (Phi) is 7.28. The number of hydrogen-bond acceptors (Lipinski definition) is 3. The van der Waals surface area contributed by atoms with Crippen molar-refractivity contribution in [2.75, 3.05) is 20.6 Å². The summed E-state index contributed by atoms with van der Waals surface area (Å²) in [5.41, 5.74) is 2.34. The van der Waals surface area contributed by atoms with Gasteiger partial charge in [-0.05, 0) is 55.3 Å². The number of nitrogens with zero attached hydrogens (tertiary/aromatic N) is 1. The van der Waals surface area contributed by atoms with Crippen molar-refractivity contribution in [3.63, 3.8) is 0 Å². The molecule has 0 amide bonds. The van der Waals surface area contributed by atoms with E-state index in [-0.39, 0.29) is 11.4 Å². The van der Waals surface area contributed by atoms with E-state index >= 15 is 0 Å². The molecule has 3 nitrogen and oxygen atoms in total. The van der Waals surface area contributed by atoms with Crippen molar-refractivity contribution in [3.05, 3.63) is 29.3 Å². The smallest absolute Gasteiger partial charge is 0.311 e. The van der Waals surface area contributed by atoms with Gasteiger partial charge in [0.2, 0.25) is 0 Å². The molecule has 0 heterocycles. The molecule has 0 aromatic heterocycles. The number of benzene rings is 1. The Labute approximate surface area is 160 Å². The van der Waals surface area contributed by atoms with Gasteiger partial charge in [-0.15, -0.1) is 0 Å². The Hall–Kier alpha value is -1.35. The number of hydrogen-bond donors (Lipinski definition) is 0. The number of para-hydroxylation sites is 1. The Morgan fingerprint density at radius 3 is 2.04 bits per heavy atom. The molecule has 1 aromatic rings. The molecular formula is C23H37NO2. The van der Waals surface area contributed by atoms with Gasteiger partial charge in [-0.25, -0.2) is 0 Å². The van der Waals surface area contributed by atoms with Gasteiger partial charge in [-0.1, -0.05) is 65.2 Å². The predicted octanol–water partition coefficient (Wildman–Crippen LogP) is 5.74. The quantitative estimate of drug-likeness (QED) is 0.459. The number of ether oxygens (including phenoxy) is 1. The van der Waals surface area contributed by atoms with Crippen LogP contribution in [0.15, 0.2) is 18.2 Å².